The standard InChI is InChI=1S/C17H15ClINO2/c18-14-4-5-16(19)15(11-14)12-2-1-3-13(10-12)17(21)20-6-8-22-9-7-20/h1-5,10-11H,6-9H2. The number of amides is 1. The van der Waals surface area contributed by atoms with E-state index in [1.807, 2.05) is 47.4 Å². The third-order valence-corrected chi connectivity index (χ3v) is 4.82. The van der Waals surface area contributed by atoms with E-state index < -0.39 is 0 Å². The number of halogens is 2. The van der Waals surface area contributed by atoms with Gasteiger partial charge in [-0.2, -0.15) is 0 Å². The molecular formula is C17H15ClINO2. The molecular weight excluding hydrogens is 413 g/mol. The van der Waals surface area contributed by atoms with Gasteiger partial charge in [0.2, 0.25) is 0 Å². The minimum absolute atomic E-state index is 0.0576. The molecule has 0 aromatic heterocycles. The Hall–Kier alpha value is -1.11. The molecule has 0 atom stereocenters. The maximum atomic E-state index is 12.6. The van der Waals surface area contributed by atoms with Crippen LogP contribution in [0.25, 0.3) is 11.1 Å². The van der Waals surface area contributed by atoms with Crippen LogP contribution >= 0.6 is 34.2 Å². The van der Waals surface area contributed by atoms with E-state index in [1.165, 1.54) is 0 Å². The molecule has 0 unspecified atom stereocenters. The van der Waals surface area contributed by atoms with Gasteiger partial charge < -0.3 is 9.64 Å². The summed E-state index contributed by atoms with van der Waals surface area (Å²) < 4.78 is 6.41. The molecule has 1 aliphatic heterocycles. The number of rotatable bonds is 2. The van der Waals surface area contributed by atoms with Crippen molar-refractivity contribution in [3.8, 4) is 11.1 Å². The number of hydrogen-bond donors (Lipinski definition) is 0. The van der Waals surface area contributed by atoms with Gasteiger partial charge >= 0.3 is 0 Å². The number of ether oxygens (including phenoxy) is 1. The highest BCUT2D eigenvalue weighted by Gasteiger charge is 2.19. The molecule has 22 heavy (non-hydrogen) atoms. The lowest BCUT2D eigenvalue weighted by Crippen LogP contribution is -2.40. The predicted octanol–water partition coefficient (Wildman–Crippen LogP) is 4.08. The molecule has 1 fully saturated rings. The number of carbonyl (C=O) groups excluding carboxylic acids is 1. The van der Waals surface area contributed by atoms with E-state index in [9.17, 15) is 4.79 Å². The second-order valence-electron chi connectivity index (χ2n) is 5.11. The van der Waals surface area contributed by atoms with Crippen molar-refractivity contribution in [1.29, 1.82) is 0 Å². The Morgan fingerprint density at radius 2 is 1.91 bits per heavy atom. The van der Waals surface area contributed by atoms with Gasteiger partial charge in [0.1, 0.15) is 0 Å². The lowest BCUT2D eigenvalue weighted by atomic mass is 10.0. The largest absolute Gasteiger partial charge is 0.378 e. The molecule has 1 amide bonds. The van der Waals surface area contributed by atoms with E-state index in [0.29, 0.717) is 36.9 Å². The number of hydrogen-bond acceptors (Lipinski definition) is 2. The summed E-state index contributed by atoms with van der Waals surface area (Å²) in [5, 5.41) is 0.695. The molecule has 114 valence electrons. The molecule has 0 bridgehead atoms. The zero-order valence-corrected chi connectivity index (χ0v) is 14.8. The first-order chi connectivity index (χ1) is 10.6. The number of carbonyl (C=O) groups is 1. The van der Waals surface area contributed by atoms with E-state index in [4.69, 9.17) is 16.3 Å². The Labute approximate surface area is 148 Å². The van der Waals surface area contributed by atoms with Crippen LogP contribution in [0.2, 0.25) is 5.02 Å². The third-order valence-electron chi connectivity index (χ3n) is 3.65. The first-order valence-electron chi connectivity index (χ1n) is 7.07. The summed E-state index contributed by atoms with van der Waals surface area (Å²) in [5.41, 5.74) is 2.76. The van der Waals surface area contributed by atoms with Crippen LogP contribution in [0, 0.1) is 3.57 Å². The van der Waals surface area contributed by atoms with E-state index >= 15 is 0 Å². The smallest absolute Gasteiger partial charge is 0.254 e. The van der Waals surface area contributed by atoms with Crippen LogP contribution in [0.4, 0.5) is 0 Å². The normalized spacial score (nSPS) is 14.9. The van der Waals surface area contributed by atoms with Crippen LogP contribution in [0.5, 0.6) is 0 Å². The lowest BCUT2D eigenvalue weighted by molar-refractivity contribution is 0.0303. The first-order valence-corrected chi connectivity index (χ1v) is 8.53. The van der Waals surface area contributed by atoms with Crippen molar-refractivity contribution >= 4 is 40.1 Å². The molecule has 0 spiro atoms. The molecule has 2 aromatic carbocycles. The van der Waals surface area contributed by atoms with Crippen molar-refractivity contribution in [3.63, 3.8) is 0 Å². The zero-order chi connectivity index (χ0) is 15.5. The van der Waals surface area contributed by atoms with E-state index in [-0.39, 0.29) is 5.91 Å². The lowest BCUT2D eigenvalue weighted by Gasteiger charge is -2.27. The van der Waals surface area contributed by atoms with Crippen LogP contribution in [0.1, 0.15) is 10.4 Å². The molecule has 2 aromatic rings. The summed E-state index contributed by atoms with van der Waals surface area (Å²) in [6.07, 6.45) is 0. The molecule has 5 heteroatoms. The van der Waals surface area contributed by atoms with E-state index in [1.54, 1.807) is 0 Å². The van der Waals surface area contributed by atoms with Gasteiger partial charge in [-0.3, -0.25) is 4.79 Å². The SMILES string of the molecule is O=C(c1cccc(-c2cc(Cl)ccc2I)c1)N1CCOCC1. The Balaban J connectivity index is 1.92. The molecule has 1 heterocycles. The fourth-order valence-corrected chi connectivity index (χ4v) is 3.31. The maximum absolute atomic E-state index is 12.6. The van der Waals surface area contributed by atoms with E-state index in [2.05, 4.69) is 22.6 Å². The van der Waals surface area contributed by atoms with Gasteiger partial charge in [0.25, 0.3) is 5.91 Å². The predicted molar refractivity (Wildman–Crippen MR) is 96.3 cm³/mol. The van der Waals surface area contributed by atoms with Crippen molar-refractivity contribution in [2.45, 2.75) is 0 Å². The molecule has 0 radical (unpaired) electrons. The Kier molecular flexibility index (Phi) is 5.00. The number of morpholine rings is 1. The van der Waals surface area contributed by atoms with Crippen molar-refractivity contribution in [2.24, 2.45) is 0 Å². The van der Waals surface area contributed by atoms with Gasteiger partial charge in [0.05, 0.1) is 13.2 Å². The highest BCUT2D eigenvalue weighted by molar-refractivity contribution is 14.1. The van der Waals surface area contributed by atoms with Crippen LogP contribution in [0.15, 0.2) is 42.5 Å². The summed E-state index contributed by atoms with van der Waals surface area (Å²) in [6.45, 7) is 2.52. The van der Waals surface area contributed by atoms with Gasteiger partial charge in [-0.05, 0) is 64.0 Å². The van der Waals surface area contributed by atoms with Gasteiger partial charge in [-0.15, -0.1) is 0 Å². The molecule has 3 rings (SSSR count). The van der Waals surface area contributed by atoms with Crippen LogP contribution in [0.3, 0.4) is 0 Å². The van der Waals surface area contributed by atoms with Crippen molar-refractivity contribution in [2.75, 3.05) is 26.3 Å². The quantitative estimate of drug-likeness (QED) is 0.676. The van der Waals surface area contributed by atoms with Crippen LogP contribution in [-0.4, -0.2) is 37.1 Å². The second-order valence-corrected chi connectivity index (χ2v) is 6.71. The first kappa shape index (κ1) is 15.8. The van der Waals surface area contributed by atoms with Gasteiger partial charge in [0.15, 0.2) is 0 Å². The number of benzene rings is 2. The summed E-state index contributed by atoms with van der Waals surface area (Å²) in [7, 11) is 0. The van der Waals surface area contributed by atoms with Gasteiger partial charge in [-0.25, -0.2) is 0 Å². The molecule has 1 saturated heterocycles. The summed E-state index contributed by atoms with van der Waals surface area (Å²) >= 11 is 8.38. The van der Waals surface area contributed by atoms with E-state index in [0.717, 1.165) is 14.7 Å². The maximum Gasteiger partial charge on any atom is 0.254 e. The van der Waals surface area contributed by atoms with Crippen LogP contribution < -0.4 is 0 Å². The zero-order valence-electron chi connectivity index (χ0n) is 11.9. The van der Waals surface area contributed by atoms with Gasteiger partial charge in [-0.1, -0.05) is 23.7 Å². The monoisotopic (exact) mass is 427 g/mol. The third kappa shape index (κ3) is 3.45. The van der Waals surface area contributed by atoms with Gasteiger partial charge in [0, 0.05) is 27.2 Å². The van der Waals surface area contributed by atoms with Crippen LogP contribution in [-0.2, 0) is 4.74 Å². The fraction of sp³-hybridized carbons (Fsp3) is 0.235. The van der Waals surface area contributed by atoms with Crippen molar-refractivity contribution < 1.29 is 9.53 Å². The molecule has 1 aliphatic rings. The topological polar surface area (TPSA) is 29.5 Å². The Bertz CT molecular complexity index is 699. The molecule has 0 aliphatic carbocycles. The fourth-order valence-electron chi connectivity index (χ4n) is 2.49. The highest BCUT2D eigenvalue weighted by atomic mass is 127. The summed E-state index contributed by atoms with van der Waals surface area (Å²) in [5.74, 6) is 0.0576. The average Bonchev–Trinajstić information content (AvgIpc) is 2.57. The Morgan fingerprint density at radius 1 is 1.14 bits per heavy atom. The molecule has 3 nitrogen and oxygen atoms in total. The van der Waals surface area contributed by atoms with Crippen molar-refractivity contribution in [1.82, 2.24) is 4.90 Å². The Morgan fingerprint density at radius 3 is 2.68 bits per heavy atom. The molecule has 0 saturated carbocycles. The summed E-state index contributed by atoms with van der Waals surface area (Å²) in [6, 6.07) is 13.5. The van der Waals surface area contributed by atoms with Crippen molar-refractivity contribution in [3.05, 3.63) is 56.6 Å². The minimum Gasteiger partial charge on any atom is -0.378 e. The average molecular weight is 428 g/mol. The minimum atomic E-state index is 0.0576. The number of nitrogens with zero attached hydrogens (tertiary/aromatic N) is 1. The highest BCUT2D eigenvalue weighted by Crippen LogP contribution is 2.29. The second kappa shape index (κ2) is 6.98. The summed E-state index contributed by atoms with van der Waals surface area (Å²) in [4.78, 5) is 14.4. The molecule has 0 N–H and O–H groups in total.